The van der Waals surface area contributed by atoms with E-state index >= 15 is 0 Å². The van der Waals surface area contributed by atoms with Crippen molar-refractivity contribution in [2.24, 2.45) is 7.05 Å². The van der Waals surface area contributed by atoms with Gasteiger partial charge in [0.15, 0.2) is 0 Å². The van der Waals surface area contributed by atoms with Crippen molar-refractivity contribution in [1.29, 1.82) is 0 Å². The van der Waals surface area contributed by atoms with Crippen molar-refractivity contribution >= 4 is 11.7 Å². The van der Waals surface area contributed by atoms with E-state index in [0.29, 0.717) is 18.8 Å². The quantitative estimate of drug-likeness (QED) is 0.919. The summed E-state index contributed by atoms with van der Waals surface area (Å²) in [4.78, 5) is 21.7. The first-order valence-electron chi connectivity index (χ1n) is 7.91. The van der Waals surface area contributed by atoms with Crippen molar-refractivity contribution in [3.8, 4) is 0 Å². The van der Waals surface area contributed by atoms with Crippen LogP contribution in [-0.4, -0.2) is 39.6 Å². The van der Waals surface area contributed by atoms with Gasteiger partial charge in [0.1, 0.15) is 17.2 Å². The summed E-state index contributed by atoms with van der Waals surface area (Å²) in [5.41, 5.74) is -0.596. The molecular formula is C16H18F3N5O. The summed E-state index contributed by atoms with van der Waals surface area (Å²) < 4.78 is 40.2. The average Bonchev–Trinajstić information content (AvgIpc) is 3.01. The number of hydrogen-bond acceptors (Lipinski definition) is 4. The first-order chi connectivity index (χ1) is 11.8. The second-order valence-electron chi connectivity index (χ2n) is 6.06. The van der Waals surface area contributed by atoms with E-state index in [0.717, 1.165) is 18.9 Å². The minimum Gasteiger partial charge on any atom is -0.355 e. The zero-order valence-corrected chi connectivity index (χ0v) is 13.6. The molecule has 1 amide bonds. The lowest BCUT2D eigenvalue weighted by Crippen LogP contribution is -2.48. The largest absolute Gasteiger partial charge is 0.433 e. The Bertz CT molecular complexity index is 758. The Labute approximate surface area is 142 Å². The molecule has 1 aliphatic rings. The summed E-state index contributed by atoms with van der Waals surface area (Å²) in [6.45, 7) is 1.01. The first-order valence-corrected chi connectivity index (χ1v) is 7.91. The third kappa shape index (κ3) is 4.09. The Morgan fingerprint density at radius 1 is 1.36 bits per heavy atom. The van der Waals surface area contributed by atoms with E-state index in [2.05, 4.69) is 15.3 Å². The zero-order valence-electron chi connectivity index (χ0n) is 13.6. The molecule has 1 saturated heterocycles. The number of aryl methyl sites for hydroxylation is 1. The van der Waals surface area contributed by atoms with Crippen LogP contribution in [0.25, 0.3) is 0 Å². The molecule has 1 aliphatic heterocycles. The second-order valence-corrected chi connectivity index (χ2v) is 6.06. The lowest BCUT2D eigenvalue weighted by molar-refractivity contribution is -0.141. The highest BCUT2D eigenvalue weighted by molar-refractivity contribution is 5.92. The number of amides is 1. The summed E-state index contributed by atoms with van der Waals surface area (Å²) in [7, 11) is 1.77. The van der Waals surface area contributed by atoms with Crippen LogP contribution in [0.2, 0.25) is 0 Å². The Kier molecular flexibility index (Phi) is 4.65. The highest BCUT2D eigenvalue weighted by Gasteiger charge is 2.33. The molecule has 1 unspecified atom stereocenters. The van der Waals surface area contributed by atoms with Gasteiger partial charge in [0.25, 0.3) is 5.91 Å². The number of piperidine rings is 1. The van der Waals surface area contributed by atoms with Crippen molar-refractivity contribution in [3.05, 3.63) is 42.1 Å². The van der Waals surface area contributed by atoms with Gasteiger partial charge < -0.3 is 14.8 Å². The predicted molar refractivity (Wildman–Crippen MR) is 85.1 cm³/mol. The van der Waals surface area contributed by atoms with Crippen molar-refractivity contribution < 1.29 is 18.0 Å². The minimum atomic E-state index is -4.47. The van der Waals surface area contributed by atoms with Crippen molar-refractivity contribution in [1.82, 2.24) is 19.9 Å². The van der Waals surface area contributed by atoms with Crippen LogP contribution >= 0.6 is 0 Å². The molecule has 0 aromatic carbocycles. The van der Waals surface area contributed by atoms with E-state index in [1.807, 2.05) is 0 Å². The minimum absolute atomic E-state index is 0.167. The number of hydrogen-bond donors (Lipinski definition) is 1. The summed E-state index contributed by atoms with van der Waals surface area (Å²) in [5, 5.41) is 2.89. The van der Waals surface area contributed by atoms with Gasteiger partial charge in [0, 0.05) is 32.4 Å². The Balaban J connectivity index is 1.68. The van der Waals surface area contributed by atoms with Crippen LogP contribution in [0.4, 0.5) is 19.0 Å². The number of rotatable bonds is 3. The number of halogens is 3. The number of carbonyl (C=O) groups excluding carboxylic acids is 1. The Morgan fingerprint density at radius 2 is 2.16 bits per heavy atom. The van der Waals surface area contributed by atoms with E-state index in [1.54, 1.807) is 28.8 Å². The molecule has 2 aromatic heterocycles. The van der Waals surface area contributed by atoms with E-state index in [4.69, 9.17) is 0 Å². The number of aromatic nitrogens is 3. The molecule has 0 spiro atoms. The van der Waals surface area contributed by atoms with Gasteiger partial charge >= 0.3 is 6.18 Å². The average molecular weight is 353 g/mol. The first kappa shape index (κ1) is 17.2. The van der Waals surface area contributed by atoms with Gasteiger partial charge in [-0.3, -0.25) is 4.79 Å². The number of nitrogens with zero attached hydrogens (tertiary/aromatic N) is 4. The smallest absolute Gasteiger partial charge is 0.355 e. The fraction of sp³-hybridized carbons (Fsp3) is 0.438. The van der Waals surface area contributed by atoms with E-state index < -0.39 is 11.9 Å². The van der Waals surface area contributed by atoms with Crippen molar-refractivity contribution in [3.63, 3.8) is 0 Å². The standard InChI is InChI=1S/C16H18F3N5O/c1-23-9-12(20-10-23)15(25)21-11-4-3-7-24(8-11)14-6-2-5-13(22-14)16(17,18)19/h2,5-6,9-11H,3-4,7-8H2,1H3,(H,21,25). The van der Waals surface area contributed by atoms with Gasteiger partial charge in [0.05, 0.1) is 6.33 Å². The number of alkyl halides is 3. The SMILES string of the molecule is Cn1cnc(C(=O)NC2CCCN(c3cccc(C(F)(F)F)n3)C2)c1. The fourth-order valence-corrected chi connectivity index (χ4v) is 2.85. The summed E-state index contributed by atoms with van der Waals surface area (Å²) >= 11 is 0. The second kappa shape index (κ2) is 6.73. The summed E-state index contributed by atoms with van der Waals surface area (Å²) in [6, 6.07) is 3.69. The topological polar surface area (TPSA) is 63.1 Å². The number of imidazole rings is 1. The molecular weight excluding hydrogens is 335 g/mol. The highest BCUT2D eigenvalue weighted by Crippen LogP contribution is 2.29. The molecule has 1 N–H and O–H groups in total. The molecule has 0 aliphatic carbocycles. The van der Waals surface area contributed by atoms with Gasteiger partial charge in [-0.05, 0) is 25.0 Å². The monoisotopic (exact) mass is 353 g/mol. The van der Waals surface area contributed by atoms with Crippen LogP contribution in [0.3, 0.4) is 0 Å². The molecule has 2 aromatic rings. The van der Waals surface area contributed by atoms with E-state index in [-0.39, 0.29) is 17.8 Å². The molecule has 3 rings (SSSR count). The van der Waals surface area contributed by atoms with Crippen LogP contribution in [-0.2, 0) is 13.2 Å². The van der Waals surface area contributed by atoms with E-state index in [1.165, 1.54) is 12.4 Å². The molecule has 0 radical (unpaired) electrons. The van der Waals surface area contributed by atoms with Crippen LogP contribution < -0.4 is 10.2 Å². The lowest BCUT2D eigenvalue weighted by atomic mass is 10.1. The van der Waals surface area contributed by atoms with Gasteiger partial charge in [-0.15, -0.1) is 0 Å². The third-order valence-corrected chi connectivity index (χ3v) is 4.04. The van der Waals surface area contributed by atoms with Gasteiger partial charge in [-0.2, -0.15) is 13.2 Å². The molecule has 6 nitrogen and oxygen atoms in total. The number of anilines is 1. The molecule has 3 heterocycles. The summed E-state index contributed by atoms with van der Waals surface area (Å²) in [5.74, 6) is -0.0175. The van der Waals surface area contributed by atoms with Crippen LogP contribution in [0.15, 0.2) is 30.7 Å². The van der Waals surface area contributed by atoms with Crippen LogP contribution in [0.5, 0.6) is 0 Å². The van der Waals surface area contributed by atoms with Crippen molar-refractivity contribution in [2.45, 2.75) is 25.1 Å². The Morgan fingerprint density at radius 3 is 2.84 bits per heavy atom. The fourth-order valence-electron chi connectivity index (χ4n) is 2.85. The maximum atomic E-state index is 12.8. The maximum Gasteiger partial charge on any atom is 0.433 e. The maximum absolute atomic E-state index is 12.8. The Hall–Kier alpha value is -2.58. The molecule has 134 valence electrons. The number of nitrogens with one attached hydrogen (secondary N) is 1. The third-order valence-electron chi connectivity index (χ3n) is 4.04. The van der Waals surface area contributed by atoms with Crippen LogP contribution in [0.1, 0.15) is 29.0 Å². The number of pyridine rings is 1. The zero-order chi connectivity index (χ0) is 18.0. The normalized spacial score (nSPS) is 18.2. The lowest BCUT2D eigenvalue weighted by Gasteiger charge is -2.34. The van der Waals surface area contributed by atoms with Gasteiger partial charge in [-0.25, -0.2) is 9.97 Å². The molecule has 25 heavy (non-hydrogen) atoms. The molecule has 1 fully saturated rings. The molecule has 1 atom stereocenters. The summed E-state index contributed by atoms with van der Waals surface area (Å²) in [6.07, 6.45) is 0.191. The number of carbonyl (C=O) groups is 1. The van der Waals surface area contributed by atoms with Gasteiger partial charge in [0.2, 0.25) is 0 Å². The van der Waals surface area contributed by atoms with E-state index in [9.17, 15) is 18.0 Å². The molecule has 0 bridgehead atoms. The molecule has 0 saturated carbocycles. The predicted octanol–water partition coefficient (Wildman–Crippen LogP) is 2.23. The molecule has 9 heteroatoms. The van der Waals surface area contributed by atoms with Crippen LogP contribution in [0, 0.1) is 0 Å². The van der Waals surface area contributed by atoms with Crippen molar-refractivity contribution in [2.75, 3.05) is 18.0 Å². The van der Waals surface area contributed by atoms with Gasteiger partial charge in [-0.1, -0.05) is 6.07 Å². The highest BCUT2D eigenvalue weighted by atomic mass is 19.4.